The predicted molar refractivity (Wildman–Crippen MR) is 130 cm³/mol. The highest BCUT2D eigenvalue weighted by molar-refractivity contribution is 6.35. The van der Waals surface area contributed by atoms with E-state index in [2.05, 4.69) is 92.7 Å². The number of hydrogen-bond donors (Lipinski definition) is 1. The van der Waals surface area contributed by atoms with E-state index in [1.54, 1.807) is 6.07 Å². The second kappa shape index (κ2) is 9.01. The molecule has 1 N–H and O–H groups in total. The van der Waals surface area contributed by atoms with Gasteiger partial charge in [0.05, 0.1) is 11.6 Å². The number of rotatable bonds is 6. The van der Waals surface area contributed by atoms with Crippen LogP contribution in [0.4, 0.5) is 5.69 Å². The maximum absolute atomic E-state index is 6.36. The lowest BCUT2D eigenvalue weighted by Crippen LogP contribution is -2.35. The number of allylic oxidation sites excluding steroid dienone is 1. The molecule has 164 valence electrons. The fourth-order valence-electron chi connectivity index (χ4n) is 3.41. The number of anilines is 1. The van der Waals surface area contributed by atoms with Gasteiger partial charge in [-0.25, -0.2) is 4.68 Å². The minimum atomic E-state index is -0.492. The standard InChI is InChI=1S/C24H29Cl2N5/c1-16-7-12-19(13-8-16)27-24(5,6)22-28-29-30-31(22)21(23(2,3)4)14-10-17-9-11-18(25)15-20(17)26/h7-15,21,27H,1-6H3. The zero-order chi connectivity index (χ0) is 22.8. The molecular weight excluding hydrogens is 429 g/mol. The third-order valence-electron chi connectivity index (χ3n) is 5.13. The van der Waals surface area contributed by atoms with Crippen LogP contribution in [0.15, 0.2) is 48.5 Å². The summed E-state index contributed by atoms with van der Waals surface area (Å²) < 4.78 is 1.89. The first kappa shape index (κ1) is 23.3. The van der Waals surface area contributed by atoms with Crippen LogP contribution in [-0.2, 0) is 5.54 Å². The van der Waals surface area contributed by atoms with Crippen molar-refractivity contribution in [2.24, 2.45) is 5.41 Å². The van der Waals surface area contributed by atoms with Gasteiger partial charge in [-0.15, -0.1) is 5.10 Å². The molecule has 0 fully saturated rings. The summed E-state index contributed by atoms with van der Waals surface area (Å²) in [6, 6.07) is 13.7. The number of halogens is 2. The summed E-state index contributed by atoms with van der Waals surface area (Å²) in [4.78, 5) is 0. The zero-order valence-corrected chi connectivity index (χ0v) is 20.3. The molecule has 0 bridgehead atoms. The fourth-order valence-corrected chi connectivity index (χ4v) is 3.89. The SMILES string of the molecule is Cc1ccc(NC(C)(C)c2nnnn2C(C=Cc2ccc(Cl)cc2Cl)C(C)(C)C)cc1. The highest BCUT2D eigenvalue weighted by atomic mass is 35.5. The Morgan fingerprint density at radius 1 is 1.00 bits per heavy atom. The zero-order valence-electron chi connectivity index (χ0n) is 18.8. The van der Waals surface area contributed by atoms with Crippen LogP contribution < -0.4 is 5.32 Å². The van der Waals surface area contributed by atoms with Gasteiger partial charge in [0.2, 0.25) is 0 Å². The normalized spacial score (nSPS) is 13.5. The van der Waals surface area contributed by atoms with Crippen molar-refractivity contribution in [1.82, 2.24) is 20.2 Å². The lowest BCUT2D eigenvalue weighted by atomic mass is 9.85. The van der Waals surface area contributed by atoms with E-state index >= 15 is 0 Å². The molecule has 2 aromatic carbocycles. The summed E-state index contributed by atoms with van der Waals surface area (Å²) in [6.45, 7) is 12.7. The lowest BCUT2D eigenvalue weighted by molar-refractivity contribution is 0.258. The molecule has 5 nitrogen and oxygen atoms in total. The van der Waals surface area contributed by atoms with Gasteiger partial charge in [0.15, 0.2) is 5.82 Å². The Balaban J connectivity index is 1.96. The van der Waals surface area contributed by atoms with Gasteiger partial charge in [0.25, 0.3) is 0 Å². The summed E-state index contributed by atoms with van der Waals surface area (Å²) in [5, 5.41) is 17.5. The molecule has 31 heavy (non-hydrogen) atoms. The van der Waals surface area contributed by atoms with Crippen LogP contribution in [0.25, 0.3) is 6.08 Å². The van der Waals surface area contributed by atoms with Crippen LogP contribution in [0.3, 0.4) is 0 Å². The summed E-state index contributed by atoms with van der Waals surface area (Å²) in [6.07, 6.45) is 4.09. The van der Waals surface area contributed by atoms with Gasteiger partial charge in [-0.05, 0) is 66.4 Å². The first-order valence-electron chi connectivity index (χ1n) is 10.2. The van der Waals surface area contributed by atoms with Crippen molar-refractivity contribution in [2.45, 2.75) is 53.1 Å². The third kappa shape index (κ3) is 5.66. The molecular formula is C24H29Cl2N5. The number of nitrogens with one attached hydrogen (secondary N) is 1. The highest BCUT2D eigenvalue weighted by Gasteiger charge is 2.34. The van der Waals surface area contributed by atoms with Gasteiger partial charge in [0, 0.05) is 15.7 Å². The van der Waals surface area contributed by atoms with E-state index in [9.17, 15) is 0 Å². The topological polar surface area (TPSA) is 55.6 Å². The van der Waals surface area contributed by atoms with Gasteiger partial charge in [-0.2, -0.15) is 0 Å². The average Bonchev–Trinajstić information content (AvgIpc) is 3.14. The number of aromatic nitrogens is 4. The smallest absolute Gasteiger partial charge is 0.176 e. The van der Waals surface area contributed by atoms with Crippen LogP contribution in [0.5, 0.6) is 0 Å². The summed E-state index contributed by atoms with van der Waals surface area (Å²) >= 11 is 12.4. The molecule has 3 aromatic rings. The van der Waals surface area contributed by atoms with Crippen LogP contribution >= 0.6 is 23.2 Å². The van der Waals surface area contributed by atoms with E-state index < -0.39 is 5.54 Å². The van der Waals surface area contributed by atoms with Gasteiger partial charge >= 0.3 is 0 Å². The largest absolute Gasteiger partial charge is 0.373 e. The minimum absolute atomic E-state index is 0.0941. The molecule has 7 heteroatoms. The molecule has 3 rings (SSSR count). The molecule has 0 saturated carbocycles. The fraction of sp³-hybridized carbons (Fsp3) is 0.375. The van der Waals surface area contributed by atoms with E-state index in [0.717, 1.165) is 17.1 Å². The van der Waals surface area contributed by atoms with Gasteiger partial charge in [-0.3, -0.25) is 0 Å². The number of hydrogen-bond acceptors (Lipinski definition) is 4. The number of tetrazole rings is 1. The van der Waals surface area contributed by atoms with Crippen molar-refractivity contribution in [3.8, 4) is 0 Å². The summed E-state index contributed by atoms with van der Waals surface area (Å²) in [7, 11) is 0. The maximum Gasteiger partial charge on any atom is 0.176 e. The number of nitrogens with zero attached hydrogens (tertiary/aromatic N) is 4. The van der Waals surface area contributed by atoms with Crippen LogP contribution in [-0.4, -0.2) is 20.2 Å². The van der Waals surface area contributed by atoms with Crippen molar-refractivity contribution in [2.75, 3.05) is 5.32 Å². The summed E-state index contributed by atoms with van der Waals surface area (Å²) in [5.74, 6) is 0.750. The molecule has 0 spiro atoms. The molecule has 0 aliphatic rings. The second-order valence-corrected chi connectivity index (χ2v) is 10.2. The van der Waals surface area contributed by atoms with Crippen molar-refractivity contribution in [3.05, 3.63) is 75.5 Å². The molecule has 1 atom stereocenters. The van der Waals surface area contributed by atoms with E-state index in [0.29, 0.717) is 10.0 Å². The average molecular weight is 458 g/mol. The first-order valence-corrected chi connectivity index (χ1v) is 11.0. The van der Waals surface area contributed by atoms with Gasteiger partial charge < -0.3 is 5.32 Å². The van der Waals surface area contributed by atoms with Gasteiger partial charge in [-0.1, -0.05) is 79.9 Å². The van der Waals surface area contributed by atoms with Crippen LogP contribution in [0.2, 0.25) is 10.0 Å². The van der Waals surface area contributed by atoms with Crippen molar-refractivity contribution >= 4 is 35.0 Å². The Labute approximate surface area is 194 Å². The number of aryl methyl sites for hydroxylation is 1. The molecule has 0 aliphatic carbocycles. The minimum Gasteiger partial charge on any atom is -0.373 e. The molecule has 0 saturated heterocycles. The Morgan fingerprint density at radius 3 is 2.29 bits per heavy atom. The van der Waals surface area contributed by atoms with E-state index in [1.165, 1.54) is 5.56 Å². The third-order valence-corrected chi connectivity index (χ3v) is 5.69. The number of benzene rings is 2. The predicted octanol–water partition coefficient (Wildman–Crippen LogP) is 6.94. The highest BCUT2D eigenvalue weighted by Crippen LogP contribution is 2.35. The van der Waals surface area contributed by atoms with Crippen LogP contribution in [0.1, 0.15) is 57.6 Å². The Morgan fingerprint density at radius 2 is 1.68 bits per heavy atom. The molecule has 1 aromatic heterocycles. The first-order chi connectivity index (χ1) is 14.5. The lowest BCUT2D eigenvalue weighted by Gasteiger charge is -2.33. The van der Waals surface area contributed by atoms with Crippen LogP contribution in [0, 0.1) is 12.3 Å². The molecule has 0 amide bonds. The molecule has 0 radical (unpaired) electrons. The second-order valence-electron chi connectivity index (χ2n) is 9.40. The van der Waals surface area contributed by atoms with Crippen molar-refractivity contribution in [3.63, 3.8) is 0 Å². The Hall–Kier alpha value is -2.37. The van der Waals surface area contributed by atoms with E-state index in [1.807, 2.05) is 22.9 Å². The molecule has 1 heterocycles. The van der Waals surface area contributed by atoms with Crippen molar-refractivity contribution in [1.29, 1.82) is 0 Å². The Kier molecular flexibility index (Phi) is 6.77. The molecule has 0 aliphatic heterocycles. The van der Waals surface area contributed by atoms with E-state index in [4.69, 9.17) is 23.2 Å². The quantitative estimate of drug-likeness (QED) is 0.435. The molecule has 1 unspecified atom stereocenters. The summed E-state index contributed by atoms with van der Waals surface area (Å²) in [5.41, 5.74) is 2.49. The van der Waals surface area contributed by atoms with Gasteiger partial charge in [0.1, 0.15) is 0 Å². The Bertz CT molecular complexity index is 1060. The monoisotopic (exact) mass is 457 g/mol. The maximum atomic E-state index is 6.36. The van der Waals surface area contributed by atoms with E-state index in [-0.39, 0.29) is 11.5 Å². The van der Waals surface area contributed by atoms with Crippen molar-refractivity contribution < 1.29 is 0 Å².